The molecule has 106 valence electrons. The molecule has 2 rings (SSSR count). The second-order valence-corrected chi connectivity index (χ2v) is 4.82. The van der Waals surface area contributed by atoms with E-state index >= 15 is 0 Å². The van der Waals surface area contributed by atoms with Crippen LogP contribution in [0.5, 0.6) is 5.75 Å². The molecule has 1 aliphatic rings. The molecule has 0 aliphatic carbocycles. The van der Waals surface area contributed by atoms with Gasteiger partial charge in [0.1, 0.15) is 11.9 Å². The van der Waals surface area contributed by atoms with Crippen LogP contribution in [0, 0.1) is 12.3 Å². The second-order valence-electron chi connectivity index (χ2n) is 4.82. The van der Waals surface area contributed by atoms with Crippen molar-refractivity contribution >= 4 is 5.91 Å². The molecule has 4 heteroatoms. The lowest BCUT2D eigenvalue weighted by atomic mass is 10.1. The summed E-state index contributed by atoms with van der Waals surface area (Å²) in [6.07, 6.45) is 7.07. The number of amides is 1. The molecule has 1 amide bonds. The summed E-state index contributed by atoms with van der Waals surface area (Å²) in [7, 11) is 0. The Bertz CT molecular complexity index is 459. The van der Waals surface area contributed by atoms with E-state index in [0.717, 1.165) is 31.7 Å². The number of carbonyl (C=O) groups is 1. The minimum atomic E-state index is 0.110. The van der Waals surface area contributed by atoms with Gasteiger partial charge in [-0.05, 0) is 12.1 Å². The Labute approximate surface area is 120 Å². The van der Waals surface area contributed by atoms with Crippen molar-refractivity contribution in [1.82, 2.24) is 10.2 Å². The summed E-state index contributed by atoms with van der Waals surface area (Å²) in [4.78, 5) is 13.8. The zero-order valence-corrected chi connectivity index (χ0v) is 11.5. The van der Waals surface area contributed by atoms with Crippen LogP contribution in [0.3, 0.4) is 0 Å². The molecule has 0 unspecified atom stereocenters. The van der Waals surface area contributed by atoms with Crippen molar-refractivity contribution in [2.45, 2.75) is 18.9 Å². The predicted molar refractivity (Wildman–Crippen MR) is 78.4 cm³/mol. The van der Waals surface area contributed by atoms with E-state index in [2.05, 4.69) is 11.2 Å². The highest BCUT2D eigenvalue weighted by Gasteiger charge is 2.23. The van der Waals surface area contributed by atoms with E-state index in [1.54, 1.807) is 0 Å². The zero-order chi connectivity index (χ0) is 14.2. The second kappa shape index (κ2) is 7.56. The van der Waals surface area contributed by atoms with E-state index in [0.29, 0.717) is 13.1 Å². The Morgan fingerprint density at radius 2 is 2.05 bits per heavy atom. The number of rotatable bonds is 5. The van der Waals surface area contributed by atoms with Crippen LogP contribution in [-0.2, 0) is 4.79 Å². The van der Waals surface area contributed by atoms with Crippen LogP contribution in [0.25, 0.3) is 0 Å². The minimum absolute atomic E-state index is 0.110. The number of carbonyl (C=O) groups excluding carboxylic acids is 1. The van der Waals surface area contributed by atoms with Gasteiger partial charge in [0.2, 0.25) is 5.91 Å². The summed E-state index contributed by atoms with van der Waals surface area (Å²) in [6, 6.07) is 9.82. The van der Waals surface area contributed by atoms with Gasteiger partial charge in [-0.3, -0.25) is 10.1 Å². The Morgan fingerprint density at radius 1 is 1.35 bits per heavy atom. The van der Waals surface area contributed by atoms with Crippen molar-refractivity contribution in [2.24, 2.45) is 0 Å². The predicted octanol–water partition coefficient (Wildman–Crippen LogP) is 1.28. The van der Waals surface area contributed by atoms with Crippen molar-refractivity contribution in [3.05, 3.63) is 30.3 Å². The van der Waals surface area contributed by atoms with Crippen molar-refractivity contribution < 1.29 is 9.53 Å². The summed E-state index contributed by atoms with van der Waals surface area (Å²) >= 11 is 0. The third-order valence-electron chi connectivity index (χ3n) is 3.34. The van der Waals surface area contributed by atoms with Crippen LogP contribution < -0.4 is 10.1 Å². The molecule has 20 heavy (non-hydrogen) atoms. The molecular weight excluding hydrogens is 252 g/mol. The maximum absolute atomic E-state index is 11.9. The fourth-order valence-electron chi connectivity index (χ4n) is 2.27. The average Bonchev–Trinajstić information content (AvgIpc) is 2.49. The first-order valence-corrected chi connectivity index (χ1v) is 6.93. The molecule has 0 spiro atoms. The first-order chi connectivity index (χ1) is 9.79. The van der Waals surface area contributed by atoms with Gasteiger partial charge in [-0.2, -0.15) is 0 Å². The summed E-state index contributed by atoms with van der Waals surface area (Å²) in [6.45, 7) is 2.23. The maximum Gasteiger partial charge on any atom is 0.236 e. The Balaban J connectivity index is 1.72. The molecule has 4 nitrogen and oxygen atoms in total. The highest BCUT2D eigenvalue weighted by atomic mass is 16.5. The van der Waals surface area contributed by atoms with Gasteiger partial charge in [0, 0.05) is 25.9 Å². The first-order valence-electron chi connectivity index (χ1n) is 6.93. The highest BCUT2D eigenvalue weighted by molar-refractivity contribution is 5.78. The van der Waals surface area contributed by atoms with Crippen LogP contribution >= 0.6 is 0 Å². The summed E-state index contributed by atoms with van der Waals surface area (Å²) in [5, 5.41) is 2.92. The van der Waals surface area contributed by atoms with Gasteiger partial charge >= 0.3 is 0 Å². The third kappa shape index (κ3) is 4.29. The SMILES string of the molecule is C#CCNCC(=O)N1CCC(Oc2ccccc2)CC1. The van der Waals surface area contributed by atoms with Gasteiger partial charge in [-0.15, -0.1) is 6.42 Å². The number of hydrogen-bond acceptors (Lipinski definition) is 3. The molecule has 0 bridgehead atoms. The molecule has 1 heterocycles. The van der Waals surface area contributed by atoms with E-state index in [-0.39, 0.29) is 12.0 Å². The zero-order valence-electron chi connectivity index (χ0n) is 11.5. The number of para-hydroxylation sites is 1. The van der Waals surface area contributed by atoms with E-state index in [1.807, 2.05) is 35.2 Å². The molecule has 0 radical (unpaired) electrons. The summed E-state index contributed by atoms with van der Waals surface area (Å²) in [5.41, 5.74) is 0. The quantitative estimate of drug-likeness (QED) is 0.648. The average molecular weight is 272 g/mol. The van der Waals surface area contributed by atoms with Crippen LogP contribution in [-0.4, -0.2) is 43.1 Å². The smallest absolute Gasteiger partial charge is 0.236 e. The Morgan fingerprint density at radius 3 is 2.70 bits per heavy atom. The highest BCUT2D eigenvalue weighted by Crippen LogP contribution is 2.18. The first kappa shape index (κ1) is 14.4. The Kier molecular flexibility index (Phi) is 5.45. The van der Waals surface area contributed by atoms with Crippen LogP contribution in [0.2, 0.25) is 0 Å². The lowest BCUT2D eigenvalue weighted by Gasteiger charge is -2.32. The van der Waals surface area contributed by atoms with E-state index < -0.39 is 0 Å². The van der Waals surface area contributed by atoms with Gasteiger partial charge in [-0.1, -0.05) is 24.1 Å². The maximum atomic E-state index is 11.9. The van der Waals surface area contributed by atoms with Crippen LogP contribution in [0.1, 0.15) is 12.8 Å². The molecule has 0 atom stereocenters. The number of nitrogens with zero attached hydrogens (tertiary/aromatic N) is 1. The molecule has 1 aromatic rings. The standard InChI is InChI=1S/C16H20N2O2/c1-2-10-17-13-16(19)18-11-8-15(9-12-18)20-14-6-4-3-5-7-14/h1,3-7,15,17H,8-13H2. The number of piperidine rings is 1. The van der Waals surface area contributed by atoms with Gasteiger partial charge in [0.05, 0.1) is 13.1 Å². The van der Waals surface area contributed by atoms with Crippen LogP contribution in [0.4, 0.5) is 0 Å². The van der Waals surface area contributed by atoms with Gasteiger partial charge in [0.15, 0.2) is 0 Å². The van der Waals surface area contributed by atoms with E-state index in [9.17, 15) is 4.79 Å². The lowest BCUT2D eigenvalue weighted by Crippen LogP contribution is -2.45. The topological polar surface area (TPSA) is 41.6 Å². The molecule has 1 aliphatic heterocycles. The minimum Gasteiger partial charge on any atom is -0.490 e. The van der Waals surface area contributed by atoms with Crippen molar-refractivity contribution in [2.75, 3.05) is 26.2 Å². The Hall–Kier alpha value is -1.99. The summed E-state index contributed by atoms with van der Waals surface area (Å²) in [5.74, 6) is 3.46. The number of hydrogen-bond donors (Lipinski definition) is 1. The fourth-order valence-corrected chi connectivity index (χ4v) is 2.27. The van der Waals surface area contributed by atoms with Crippen molar-refractivity contribution in [3.63, 3.8) is 0 Å². The third-order valence-corrected chi connectivity index (χ3v) is 3.34. The fraction of sp³-hybridized carbons (Fsp3) is 0.438. The van der Waals surface area contributed by atoms with Gasteiger partial charge < -0.3 is 9.64 Å². The summed E-state index contributed by atoms with van der Waals surface area (Å²) < 4.78 is 5.90. The molecular formula is C16H20N2O2. The molecule has 1 saturated heterocycles. The van der Waals surface area contributed by atoms with E-state index in [4.69, 9.17) is 11.2 Å². The normalized spacial score (nSPS) is 15.7. The number of likely N-dealkylation sites (tertiary alicyclic amines) is 1. The van der Waals surface area contributed by atoms with E-state index in [1.165, 1.54) is 0 Å². The number of ether oxygens (including phenoxy) is 1. The molecule has 0 saturated carbocycles. The molecule has 1 fully saturated rings. The molecule has 1 aromatic carbocycles. The monoisotopic (exact) mass is 272 g/mol. The lowest BCUT2D eigenvalue weighted by molar-refractivity contribution is -0.131. The van der Waals surface area contributed by atoms with Gasteiger partial charge in [0.25, 0.3) is 0 Å². The van der Waals surface area contributed by atoms with Crippen molar-refractivity contribution in [3.8, 4) is 18.1 Å². The van der Waals surface area contributed by atoms with Gasteiger partial charge in [-0.25, -0.2) is 0 Å². The van der Waals surface area contributed by atoms with Crippen LogP contribution in [0.15, 0.2) is 30.3 Å². The number of terminal acetylenes is 1. The van der Waals surface area contributed by atoms with Crippen molar-refractivity contribution in [1.29, 1.82) is 0 Å². The number of benzene rings is 1. The molecule has 1 N–H and O–H groups in total. The largest absolute Gasteiger partial charge is 0.490 e. The molecule has 0 aromatic heterocycles. The number of nitrogens with one attached hydrogen (secondary N) is 1.